The summed E-state index contributed by atoms with van der Waals surface area (Å²) in [5.74, 6) is -1.09. The highest BCUT2D eigenvalue weighted by molar-refractivity contribution is 9.10. The van der Waals surface area contributed by atoms with Crippen LogP contribution in [-0.4, -0.2) is 16.0 Å². The fourth-order valence-corrected chi connectivity index (χ4v) is 1.45. The van der Waals surface area contributed by atoms with E-state index in [2.05, 4.69) is 15.9 Å². The van der Waals surface area contributed by atoms with Gasteiger partial charge in [0.25, 0.3) is 5.69 Å². The van der Waals surface area contributed by atoms with Crippen LogP contribution in [0.4, 0.5) is 5.69 Å². The fourth-order valence-electron chi connectivity index (χ4n) is 1.04. The van der Waals surface area contributed by atoms with E-state index in [0.29, 0.717) is 4.47 Å². The summed E-state index contributed by atoms with van der Waals surface area (Å²) in [6.45, 7) is 0. The Bertz CT molecular complexity index is 391. The lowest BCUT2D eigenvalue weighted by atomic mass is 10.1. The minimum atomic E-state index is -1.09. The van der Waals surface area contributed by atoms with Crippen molar-refractivity contribution in [3.8, 4) is 0 Å². The lowest BCUT2D eigenvalue weighted by Gasteiger charge is -2.00. The summed E-state index contributed by atoms with van der Waals surface area (Å²) < 4.78 is 0.624. The molecule has 0 spiro atoms. The summed E-state index contributed by atoms with van der Waals surface area (Å²) >= 11 is 3.12. The number of nitro groups is 1. The van der Waals surface area contributed by atoms with Crippen molar-refractivity contribution < 1.29 is 14.8 Å². The summed E-state index contributed by atoms with van der Waals surface area (Å²) in [6.07, 6.45) is -0.351. The van der Waals surface area contributed by atoms with Crippen LogP contribution in [0.15, 0.2) is 22.7 Å². The van der Waals surface area contributed by atoms with Crippen LogP contribution in [0.5, 0.6) is 0 Å². The number of halogens is 1. The normalized spacial score (nSPS) is 9.79. The minimum absolute atomic E-state index is 0.171. The van der Waals surface area contributed by atoms with Crippen LogP contribution in [0.3, 0.4) is 0 Å². The topological polar surface area (TPSA) is 80.4 Å². The molecule has 1 rings (SSSR count). The van der Waals surface area contributed by atoms with Crippen molar-refractivity contribution in [1.82, 2.24) is 0 Å². The molecule has 0 fully saturated rings. The molecule has 0 amide bonds. The predicted molar refractivity (Wildman–Crippen MR) is 52.1 cm³/mol. The lowest BCUT2D eigenvalue weighted by molar-refractivity contribution is -0.385. The van der Waals surface area contributed by atoms with Crippen LogP contribution in [0, 0.1) is 10.1 Å². The van der Waals surface area contributed by atoms with Gasteiger partial charge in [0.1, 0.15) is 0 Å². The summed E-state index contributed by atoms with van der Waals surface area (Å²) in [7, 11) is 0. The molecule has 1 aromatic carbocycles. The Kier molecular flexibility index (Phi) is 3.19. The number of rotatable bonds is 3. The quantitative estimate of drug-likeness (QED) is 0.665. The Morgan fingerprint density at radius 1 is 1.57 bits per heavy atom. The minimum Gasteiger partial charge on any atom is -0.481 e. The average molecular weight is 260 g/mol. The first-order valence-corrected chi connectivity index (χ1v) is 4.44. The van der Waals surface area contributed by atoms with E-state index in [-0.39, 0.29) is 17.7 Å². The van der Waals surface area contributed by atoms with E-state index in [4.69, 9.17) is 5.11 Å². The maximum Gasteiger partial charge on any atom is 0.308 e. The lowest BCUT2D eigenvalue weighted by Crippen LogP contribution is -2.03. The molecule has 0 aliphatic carbocycles. The third-order valence-electron chi connectivity index (χ3n) is 1.58. The molecule has 0 aliphatic heterocycles. The Morgan fingerprint density at radius 2 is 2.21 bits per heavy atom. The van der Waals surface area contributed by atoms with Crippen LogP contribution in [0.1, 0.15) is 5.56 Å². The van der Waals surface area contributed by atoms with Gasteiger partial charge in [-0.15, -0.1) is 0 Å². The van der Waals surface area contributed by atoms with E-state index in [9.17, 15) is 14.9 Å². The highest BCUT2D eigenvalue weighted by Gasteiger charge is 2.15. The molecule has 0 aliphatic rings. The van der Waals surface area contributed by atoms with Gasteiger partial charge in [-0.25, -0.2) is 0 Å². The molecule has 5 nitrogen and oxygen atoms in total. The smallest absolute Gasteiger partial charge is 0.308 e. The Balaban J connectivity index is 3.15. The van der Waals surface area contributed by atoms with Gasteiger partial charge in [-0.2, -0.15) is 0 Å². The third kappa shape index (κ3) is 2.53. The van der Waals surface area contributed by atoms with Gasteiger partial charge in [-0.05, 0) is 12.1 Å². The molecule has 6 heteroatoms. The highest BCUT2D eigenvalue weighted by Crippen LogP contribution is 2.23. The van der Waals surface area contributed by atoms with E-state index in [1.165, 1.54) is 18.2 Å². The second kappa shape index (κ2) is 4.19. The van der Waals surface area contributed by atoms with Crippen LogP contribution >= 0.6 is 15.9 Å². The van der Waals surface area contributed by atoms with Crippen molar-refractivity contribution >= 4 is 27.6 Å². The van der Waals surface area contributed by atoms with Crippen LogP contribution in [0.25, 0.3) is 0 Å². The number of hydrogen-bond donors (Lipinski definition) is 1. The molecule has 1 aromatic rings. The van der Waals surface area contributed by atoms with Gasteiger partial charge in [0.2, 0.25) is 0 Å². The largest absolute Gasteiger partial charge is 0.481 e. The Hall–Kier alpha value is -1.43. The number of benzene rings is 1. The number of carbonyl (C=O) groups is 1. The maximum absolute atomic E-state index is 10.5. The van der Waals surface area contributed by atoms with Crippen molar-refractivity contribution in [2.75, 3.05) is 0 Å². The zero-order chi connectivity index (χ0) is 10.7. The van der Waals surface area contributed by atoms with Crippen molar-refractivity contribution in [3.05, 3.63) is 38.3 Å². The SMILES string of the molecule is O=C(O)Cc1cc(Br)ccc1[N+](=O)[O-]. The van der Waals surface area contributed by atoms with Gasteiger partial charge in [0.05, 0.1) is 11.3 Å². The van der Waals surface area contributed by atoms with Crippen molar-refractivity contribution in [3.63, 3.8) is 0 Å². The van der Waals surface area contributed by atoms with Crippen LogP contribution in [-0.2, 0) is 11.2 Å². The van der Waals surface area contributed by atoms with Crippen molar-refractivity contribution in [2.45, 2.75) is 6.42 Å². The molecule has 0 radical (unpaired) electrons. The van der Waals surface area contributed by atoms with Gasteiger partial charge in [-0.1, -0.05) is 15.9 Å². The molecule has 0 aromatic heterocycles. The van der Waals surface area contributed by atoms with Crippen molar-refractivity contribution in [2.24, 2.45) is 0 Å². The number of nitro benzene ring substituents is 1. The summed E-state index contributed by atoms with van der Waals surface area (Å²) in [5.41, 5.74) is 0.0208. The van der Waals surface area contributed by atoms with E-state index in [0.717, 1.165) is 0 Å². The Morgan fingerprint density at radius 3 is 2.71 bits per heavy atom. The first-order chi connectivity index (χ1) is 6.50. The second-order valence-electron chi connectivity index (χ2n) is 2.60. The first kappa shape index (κ1) is 10.6. The number of aliphatic carboxylic acids is 1. The third-order valence-corrected chi connectivity index (χ3v) is 2.07. The van der Waals surface area contributed by atoms with Crippen molar-refractivity contribution in [1.29, 1.82) is 0 Å². The van der Waals surface area contributed by atoms with Gasteiger partial charge >= 0.3 is 5.97 Å². The molecule has 14 heavy (non-hydrogen) atoms. The fraction of sp³-hybridized carbons (Fsp3) is 0.125. The highest BCUT2D eigenvalue weighted by atomic mass is 79.9. The van der Waals surface area contributed by atoms with E-state index < -0.39 is 10.9 Å². The molecule has 0 saturated heterocycles. The van der Waals surface area contributed by atoms with Gasteiger partial charge in [0, 0.05) is 16.1 Å². The monoisotopic (exact) mass is 259 g/mol. The molecule has 1 N–H and O–H groups in total. The number of carboxylic acid groups (broad SMARTS) is 1. The van der Waals surface area contributed by atoms with E-state index in [1.807, 2.05) is 0 Å². The summed E-state index contributed by atoms with van der Waals surface area (Å²) in [4.78, 5) is 20.3. The summed E-state index contributed by atoms with van der Waals surface area (Å²) in [5, 5.41) is 19.0. The Labute approximate surface area is 87.6 Å². The zero-order valence-electron chi connectivity index (χ0n) is 6.94. The molecular weight excluding hydrogens is 254 g/mol. The predicted octanol–water partition coefficient (Wildman–Crippen LogP) is 1.98. The molecule has 0 unspecified atom stereocenters. The standard InChI is InChI=1S/C8H6BrNO4/c9-6-1-2-7(10(13)14)5(3-6)4-8(11)12/h1-3H,4H2,(H,11,12). The van der Waals surface area contributed by atoms with Gasteiger partial charge in [-0.3, -0.25) is 14.9 Å². The number of carboxylic acids is 1. The van der Waals surface area contributed by atoms with Gasteiger partial charge < -0.3 is 5.11 Å². The van der Waals surface area contributed by atoms with Crippen LogP contribution in [0.2, 0.25) is 0 Å². The summed E-state index contributed by atoms with van der Waals surface area (Å²) in [6, 6.07) is 4.22. The molecule has 0 saturated carbocycles. The molecule has 0 bridgehead atoms. The first-order valence-electron chi connectivity index (χ1n) is 3.65. The molecule has 0 atom stereocenters. The molecule has 74 valence electrons. The van der Waals surface area contributed by atoms with E-state index >= 15 is 0 Å². The van der Waals surface area contributed by atoms with E-state index in [1.54, 1.807) is 0 Å². The van der Waals surface area contributed by atoms with Gasteiger partial charge in [0.15, 0.2) is 0 Å². The molecule has 0 heterocycles. The maximum atomic E-state index is 10.5. The number of nitrogens with zero attached hydrogens (tertiary/aromatic N) is 1. The zero-order valence-corrected chi connectivity index (χ0v) is 8.52. The van der Waals surface area contributed by atoms with Crippen LogP contribution < -0.4 is 0 Å². The number of hydrogen-bond acceptors (Lipinski definition) is 3. The second-order valence-corrected chi connectivity index (χ2v) is 3.52. The average Bonchev–Trinajstić information content (AvgIpc) is 2.01. The molecular formula is C8H6BrNO4.